The topological polar surface area (TPSA) is 67.9 Å². The van der Waals surface area contributed by atoms with Gasteiger partial charge in [-0.25, -0.2) is 4.98 Å². The first-order valence-electron chi connectivity index (χ1n) is 6.30. The molecule has 0 spiro atoms. The average Bonchev–Trinajstić information content (AvgIpc) is 2.78. The van der Waals surface area contributed by atoms with Crippen LogP contribution in [0.15, 0.2) is 0 Å². The second kappa shape index (κ2) is 5.21. The highest BCUT2D eigenvalue weighted by atomic mass is 16.5. The minimum absolute atomic E-state index is 0.277. The zero-order valence-corrected chi connectivity index (χ0v) is 10.8. The van der Waals surface area contributed by atoms with E-state index in [0.717, 1.165) is 31.5 Å². The quantitative estimate of drug-likeness (QED) is 0.763. The van der Waals surface area contributed by atoms with Crippen molar-refractivity contribution in [3.63, 3.8) is 0 Å². The number of carbonyl (C=O) groups excluding carboxylic acids is 1. The van der Waals surface area contributed by atoms with E-state index in [1.165, 1.54) is 7.11 Å². The number of esters is 1. The minimum atomic E-state index is -0.367. The summed E-state index contributed by atoms with van der Waals surface area (Å²) in [6, 6.07) is 2.13. The molecule has 1 aromatic rings. The van der Waals surface area contributed by atoms with Crippen LogP contribution in [0.25, 0.3) is 0 Å². The Bertz CT molecular complexity index is 499. The molecule has 1 atom stereocenters. The molecule has 1 aliphatic rings. The summed E-state index contributed by atoms with van der Waals surface area (Å²) in [5.74, 6) is 0.0462. The van der Waals surface area contributed by atoms with Gasteiger partial charge in [0.1, 0.15) is 17.8 Å². The van der Waals surface area contributed by atoms with Crippen LogP contribution in [-0.4, -0.2) is 22.6 Å². The Morgan fingerprint density at radius 1 is 1.61 bits per heavy atom. The summed E-state index contributed by atoms with van der Waals surface area (Å²) in [6.45, 7) is 2.77. The molecule has 5 nitrogen and oxygen atoms in total. The van der Waals surface area contributed by atoms with E-state index in [2.05, 4.69) is 11.1 Å². The molecule has 0 bridgehead atoms. The van der Waals surface area contributed by atoms with E-state index in [0.29, 0.717) is 17.9 Å². The van der Waals surface area contributed by atoms with Gasteiger partial charge in [-0.3, -0.25) is 4.79 Å². The number of imidazole rings is 1. The Morgan fingerprint density at radius 2 is 2.39 bits per heavy atom. The summed E-state index contributed by atoms with van der Waals surface area (Å²) in [5.41, 5.74) is 1.44. The Balaban J connectivity index is 2.47. The molecule has 0 amide bonds. The Labute approximate surface area is 106 Å². The number of hydrogen-bond donors (Lipinski definition) is 0. The molecule has 0 aliphatic carbocycles. The maximum absolute atomic E-state index is 11.8. The van der Waals surface area contributed by atoms with Crippen molar-refractivity contribution < 1.29 is 9.53 Å². The molecule has 0 saturated heterocycles. The van der Waals surface area contributed by atoms with Gasteiger partial charge in [-0.1, -0.05) is 6.92 Å². The van der Waals surface area contributed by atoms with Gasteiger partial charge in [0.2, 0.25) is 0 Å². The summed E-state index contributed by atoms with van der Waals surface area (Å²) in [4.78, 5) is 16.1. The molecule has 5 heteroatoms. The lowest BCUT2D eigenvalue weighted by molar-refractivity contribution is -0.142. The van der Waals surface area contributed by atoms with Crippen molar-refractivity contribution >= 4 is 5.97 Å². The molecule has 0 aromatic carbocycles. The molecule has 1 aromatic heterocycles. The molecule has 1 aliphatic heterocycles. The molecule has 2 heterocycles. The predicted molar refractivity (Wildman–Crippen MR) is 64.9 cm³/mol. The largest absolute Gasteiger partial charge is 0.468 e. The molecule has 2 rings (SSSR count). The lowest BCUT2D eigenvalue weighted by Gasteiger charge is -2.19. The fourth-order valence-electron chi connectivity index (χ4n) is 2.52. The van der Waals surface area contributed by atoms with Crippen molar-refractivity contribution in [2.24, 2.45) is 0 Å². The number of nitrogens with zero attached hydrogens (tertiary/aromatic N) is 3. The van der Waals surface area contributed by atoms with Gasteiger partial charge in [0.25, 0.3) is 0 Å². The van der Waals surface area contributed by atoms with Gasteiger partial charge in [0.15, 0.2) is 5.69 Å². The van der Waals surface area contributed by atoms with Crippen LogP contribution in [0.1, 0.15) is 49.3 Å². The number of hydrogen-bond acceptors (Lipinski definition) is 4. The zero-order valence-electron chi connectivity index (χ0n) is 10.8. The third-order valence-corrected chi connectivity index (χ3v) is 3.46. The van der Waals surface area contributed by atoms with Crippen molar-refractivity contribution in [3.8, 4) is 6.07 Å². The third kappa shape index (κ3) is 1.99. The highest BCUT2D eigenvalue weighted by molar-refractivity contribution is 5.77. The molecular weight excluding hydrogens is 230 g/mol. The lowest BCUT2D eigenvalue weighted by Crippen LogP contribution is -2.21. The minimum Gasteiger partial charge on any atom is -0.468 e. The average molecular weight is 247 g/mol. The highest BCUT2D eigenvalue weighted by Gasteiger charge is 2.29. The molecule has 0 N–H and O–H groups in total. The third-order valence-electron chi connectivity index (χ3n) is 3.46. The molecule has 1 unspecified atom stereocenters. The molecule has 96 valence electrons. The first-order chi connectivity index (χ1) is 8.72. The number of methoxy groups -OCH3 is 1. The number of ether oxygens (including phenoxy) is 1. The van der Waals surface area contributed by atoms with Gasteiger partial charge in [-0.2, -0.15) is 5.26 Å². The summed E-state index contributed by atoms with van der Waals surface area (Å²) in [7, 11) is 1.39. The van der Waals surface area contributed by atoms with E-state index in [4.69, 9.17) is 10.00 Å². The first kappa shape index (κ1) is 12.6. The van der Waals surface area contributed by atoms with E-state index >= 15 is 0 Å². The van der Waals surface area contributed by atoms with E-state index < -0.39 is 0 Å². The molecule has 18 heavy (non-hydrogen) atoms. The monoisotopic (exact) mass is 247 g/mol. The van der Waals surface area contributed by atoms with Crippen LogP contribution < -0.4 is 0 Å². The van der Waals surface area contributed by atoms with Crippen LogP contribution in [0.3, 0.4) is 0 Å². The van der Waals surface area contributed by atoms with Crippen molar-refractivity contribution in [2.75, 3.05) is 7.11 Å². The van der Waals surface area contributed by atoms with Crippen LogP contribution in [-0.2, 0) is 22.5 Å². The number of nitriles is 1. The highest BCUT2D eigenvalue weighted by Crippen LogP contribution is 2.27. The SMILES string of the molecule is CCC(C(=O)OC)c1nc(C#N)c2n1CCCC2. The standard InChI is InChI=1S/C13H17N3O2/c1-3-9(13(17)18-2)12-15-10(8-14)11-6-4-5-7-16(11)12/h9H,3-7H2,1-2H3. The Hall–Kier alpha value is -1.83. The van der Waals surface area contributed by atoms with E-state index in [1.807, 2.05) is 11.5 Å². The maximum Gasteiger partial charge on any atom is 0.316 e. The van der Waals surface area contributed by atoms with Crippen LogP contribution in [0.2, 0.25) is 0 Å². The zero-order chi connectivity index (χ0) is 13.1. The second-order valence-electron chi connectivity index (χ2n) is 4.47. The smallest absolute Gasteiger partial charge is 0.316 e. The van der Waals surface area contributed by atoms with E-state index in [1.54, 1.807) is 0 Å². The maximum atomic E-state index is 11.8. The van der Waals surface area contributed by atoms with Gasteiger partial charge >= 0.3 is 5.97 Å². The normalized spacial score (nSPS) is 15.6. The van der Waals surface area contributed by atoms with Gasteiger partial charge in [-0.05, 0) is 25.7 Å². The summed E-state index contributed by atoms with van der Waals surface area (Å²) < 4.78 is 6.85. The fraction of sp³-hybridized carbons (Fsp3) is 0.615. The van der Waals surface area contributed by atoms with Crippen LogP contribution >= 0.6 is 0 Å². The van der Waals surface area contributed by atoms with E-state index in [9.17, 15) is 4.79 Å². The molecular formula is C13H17N3O2. The second-order valence-corrected chi connectivity index (χ2v) is 4.47. The predicted octanol–water partition coefficient (Wildman–Crippen LogP) is 1.76. The Morgan fingerprint density at radius 3 is 3.00 bits per heavy atom. The van der Waals surface area contributed by atoms with Crippen molar-refractivity contribution in [1.82, 2.24) is 9.55 Å². The van der Waals surface area contributed by atoms with Crippen LogP contribution in [0.5, 0.6) is 0 Å². The van der Waals surface area contributed by atoms with Gasteiger partial charge < -0.3 is 9.30 Å². The van der Waals surface area contributed by atoms with Gasteiger partial charge in [-0.15, -0.1) is 0 Å². The van der Waals surface area contributed by atoms with Gasteiger partial charge in [0, 0.05) is 6.54 Å². The van der Waals surface area contributed by atoms with Crippen LogP contribution in [0, 0.1) is 11.3 Å². The first-order valence-corrected chi connectivity index (χ1v) is 6.30. The molecule has 0 radical (unpaired) electrons. The fourth-order valence-corrected chi connectivity index (χ4v) is 2.52. The van der Waals surface area contributed by atoms with Gasteiger partial charge in [0.05, 0.1) is 12.8 Å². The number of aromatic nitrogens is 2. The molecule has 0 saturated carbocycles. The van der Waals surface area contributed by atoms with Crippen LogP contribution in [0.4, 0.5) is 0 Å². The summed E-state index contributed by atoms with van der Waals surface area (Å²) >= 11 is 0. The molecule has 0 fully saturated rings. The van der Waals surface area contributed by atoms with E-state index in [-0.39, 0.29) is 11.9 Å². The summed E-state index contributed by atoms with van der Waals surface area (Å²) in [6.07, 6.45) is 3.65. The Kier molecular flexibility index (Phi) is 3.66. The van der Waals surface area contributed by atoms with Crippen molar-refractivity contribution in [1.29, 1.82) is 5.26 Å². The number of fused-ring (bicyclic) bond motifs is 1. The van der Waals surface area contributed by atoms with Crippen molar-refractivity contribution in [2.45, 2.75) is 45.1 Å². The lowest BCUT2D eigenvalue weighted by atomic mass is 10.0. The van der Waals surface area contributed by atoms with Crippen molar-refractivity contribution in [3.05, 3.63) is 17.2 Å². The number of carbonyl (C=O) groups is 1. The summed E-state index contributed by atoms with van der Waals surface area (Å²) in [5, 5.41) is 9.12. The number of rotatable bonds is 3.